The summed E-state index contributed by atoms with van der Waals surface area (Å²) in [6.45, 7) is 0.782. The van der Waals surface area contributed by atoms with Crippen molar-refractivity contribution in [3.63, 3.8) is 0 Å². The van der Waals surface area contributed by atoms with E-state index in [0.29, 0.717) is 0 Å². The molecule has 12 heavy (non-hydrogen) atoms. The average molecular weight is 183 g/mol. The molecule has 0 saturated carbocycles. The van der Waals surface area contributed by atoms with Crippen molar-refractivity contribution in [3.8, 4) is 0 Å². The predicted octanol–water partition coefficient (Wildman–Crippen LogP) is 1.31. The molecule has 0 radical (unpaired) electrons. The highest BCUT2D eigenvalue weighted by molar-refractivity contribution is 7.99. The van der Waals surface area contributed by atoms with Gasteiger partial charge in [0.2, 0.25) is 0 Å². The number of thioether (sulfide) groups is 1. The van der Waals surface area contributed by atoms with E-state index in [1.165, 1.54) is 0 Å². The first-order valence-electron chi connectivity index (χ1n) is 4.02. The molecule has 0 aliphatic carbocycles. The van der Waals surface area contributed by atoms with E-state index in [1.807, 2.05) is 6.07 Å². The minimum absolute atomic E-state index is 0.782. The van der Waals surface area contributed by atoms with Crippen LogP contribution < -0.4 is 5.73 Å². The minimum Gasteiger partial charge on any atom is -0.330 e. The van der Waals surface area contributed by atoms with Crippen molar-refractivity contribution >= 4 is 11.8 Å². The lowest BCUT2D eigenvalue weighted by molar-refractivity contribution is 0.813. The summed E-state index contributed by atoms with van der Waals surface area (Å²) < 4.78 is 0. The van der Waals surface area contributed by atoms with Gasteiger partial charge in [-0.2, -0.15) is 0 Å². The molecule has 1 aromatic rings. The maximum Gasteiger partial charge on any atom is 0.116 e. The third kappa shape index (κ3) is 3.69. The molecule has 0 aliphatic rings. The van der Waals surface area contributed by atoms with Crippen molar-refractivity contribution in [2.24, 2.45) is 5.73 Å². The average Bonchev–Trinajstić information content (AvgIpc) is 2.14. The second-order valence-electron chi connectivity index (χ2n) is 2.39. The lowest BCUT2D eigenvalue weighted by atomic mass is 10.3. The first kappa shape index (κ1) is 9.48. The van der Waals surface area contributed by atoms with E-state index in [1.54, 1.807) is 24.3 Å². The van der Waals surface area contributed by atoms with Crippen LogP contribution in [-0.2, 0) is 0 Å². The molecule has 0 saturated heterocycles. The van der Waals surface area contributed by atoms with Crippen LogP contribution in [0.2, 0.25) is 0 Å². The number of hydrogen-bond donors (Lipinski definition) is 1. The topological polar surface area (TPSA) is 51.8 Å². The Balaban J connectivity index is 2.16. The number of nitrogens with zero attached hydrogens (tertiary/aromatic N) is 2. The van der Waals surface area contributed by atoms with Gasteiger partial charge in [-0.1, -0.05) is 0 Å². The second-order valence-corrected chi connectivity index (χ2v) is 3.51. The molecule has 1 aromatic heterocycles. The first-order valence-corrected chi connectivity index (χ1v) is 5.01. The number of unbranched alkanes of at least 4 members (excludes halogenated alkanes) is 1. The van der Waals surface area contributed by atoms with E-state index in [2.05, 4.69) is 9.97 Å². The summed E-state index contributed by atoms with van der Waals surface area (Å²) in [6.07, 6.45) is 5.59. The molecular weight excluding hydrogens is 170 g/mol. The molecule has 3 nitrogen and oxygen atoms in total. The summed E-state index contributed by atoms with van der Waals surface area (Å²) in [5, 5.41) is 1.04. The summed E-state index contributed by atoms with van der Waals surface area (Å²) in [5.74, 6) is 1.09. The molecule has 0 atom stereocenters. The van der Waals surface area contributed by atoms with Crippen molar-refractivity contribution in [2.45, 2.75) is 17.9 Å². The van der Waals surface area contributed by atoms with E-state index < -0.39 is 0 Å². The molecule has 0 amide bonds. The Morgan fingerprint density at radius 1 is 1.42 bits per heavy atom. The highest BCUT2D eigenvalue weighted by Gasteiger charge is 1.92. The molecule has 1 heterocycles. The van der Waals surface area contributed by atoms with Gasteiger partial charge in [0.15, 0.2) is 0 Å². The normalized spacial score (nSPS) is 10.1. The van der Waals surface area contributed by atoms with Gasteiger partial charge in [-0.15, -0.1) is 11.8 Å². The molecule has 66 valence electrons. The van der Waals surface area contributed by atoms with Crippen LogP contribution in [0.3, 0.4) is 0 Å². The van der Waals surface area contributed by atoms with Gasteiger partial charge in [-0.3, -0.25) is 0 Å². The molecule has 0 bridgehead atoms. The lowest BCUT2D eigenvalue weighted by Crippen LogP contribution is -1.98. The van der Waals surface area contributed by atoms with Gasteiger partial charge in [0.1, 0.15) is 6.33 Å². The second kappa shape index (κ2) is 5.97. The fraction of sp³-hybridized carbons (Fsp3) is 0.500. The Bertz CT molecular complexity index is 203. The Labute approximate surface area is 76.8 Å². The van der Waals surface area contributed by atoms with Gasteiger partial charge in [-0.25, -0.2) is 9.97 Å². The third-order valence-corrected chi connectivity index (χ3v) is 2.43. The van der Waals surface area contributed by atoms with Crippen LogP contribution in [-0.4, -0.2) is 22.3 Å². The zero-order valence-corrected chi connectivity index (χ0v) is 7.76. The summed E-state index contributed by atoms with van der Waals surface area (Å²) in [5.41, 5.74) is 5.37. The summed E-state index contributed by atoms with van der Waals surface area (Å²) in [6, 6.07) is 1.92. The van der Waals surface area contributed by atoms with E-state index in [0.717, 1.165) is 30.2 Å². The highest BCUT2D eigenvalue weighted by Crippen LogP contribution is 2.14. The largest absolute Gasteiger partial charge is 0.330 e. The molecule has 4 heteroatoms. The van der Waals surface area contributed by atoms with Crippen LogP contribution in [0.15, 0.2) is 23.6 Å². The molecule has 0 unspecified atom stereocenters. The number of aromatic nitrogens is 2. The van der Waals surface area contributed by atoms with Gasteiger partial charge >= 0.3 is 0 Å². The van der Waals surface area contributed by atoms with Crippen molar-refractivity contribution in [1.29, 1.82) is 0 Å². The Kier molecular flexibility index (Phi) is 4.71. The standard InChI is InChI=1S/C8H13N3S/c9-4-1-2-6-12-8-3-5-10-7-11-8/h3,5,7H,1-2,4,6,9H2. The van der Waals surface area contributed by atoms with Crippen molar-refractivity contribution in [1.82, 2.24) is 9.97 Å². The molecule has 0 spiro atoms. The van der Waals surface area contributed by atoms with Crippen LogP contribution in [0.25, 0.3) is 0 Å². The van der Waals surface area contributed by atoms with E-state index in [9.17, 15) is 0 Å². The van der Waals surface area contributed by atoms with Gasteiger partial charge in [-0.05, 0) is 31.2 Å². The van der Waals surface area contributed by atoms with Crippen LogP contribution in [0, 0.1) is 0 Å². The van der Waals surface area contributed by atoms with Gasteiger partial charge in [0.25, 0.3) is 0 Å². The molecule has 0 aliphatic heterocycles. The van der Waals surface area contributed by atoms with Gasteiger partial charge < -0.3 is 5.73 Å². The summed E-state index contributed by atoms with van der Waals surface area (Å²) >= 11 is 1.75. The molecule has 2 N–H and O–H groups in total. The Morgan fingerprint density at radius 3 is 3.00 bits per heavy atom. The van der Waals surface area contributed by atoms with E-state index in [4.69, 9.17) is 5.73 Å². The zero-order chi connectivity index (χ0) is 8.65. The Hall–Kier alpha value is -0.610. The monoisotopic (exact) mass is 183 g/mol. The number of hydrogen-bond acceptors (Lipinski definition) is 4. The maximum absolute atomic E-state index is 5.37. The molecule has 0 fully saturated rings. The fourth-order valence-corrected chi connectivity index (χ4v) is 1.62. The SMILES string of the molecule is NCCCCSc1ccncn1. The number of rotatable bonds is 5. The third-order valence-electron chi connectivity index (χ3n) is 1.40. The molecular formula is C8H13N3S. The van der Waals surface area contributed by atoms with Crippen LogP contribution in [0.4, 0.5) is 0 Å². The van der Waals surface area contributed by atoms with Crippen LogP contribution >= 0.6 is 11.8 Å². The van der Waals surface area contributed by atoms with Crippen LogP contribution in [0.5, 0.6) is 0 Å². The van der Waals surface area contributed by atoms with Gasteiger partial charge in [0, 0.05) is 6.20 Å². The first-order chi connectivity index (χ1) is 5.93. The number of nitrogens with two attached hydrogens (primary N) is 1. The van der Waals surface area contributed by atoms with Crippen molar-refractivity contribution in [2.75, 3.05) is 12.3 Å². The molecule has 1 rings (SSSR count). The maximum atomic E-state index is 5.37. The fourth-order valence-electron chi connectivity index (χ4n) is 0.787. The predicted molar refractivity (Wildman–Crippen MR) is 51.0 cm³/mol. The van der Waals surface area contributed by atoms with Crippen molar-refractivity contribution in [3.05, 3.63) is 18.6 Å². The lowest BCUT2D eigenvalue weighted by Gasteiger charge is -1.98. The zero-order valence-electron chi connectivity index (χ0n) is 6.94. The Morgan fingerprint density at radius 2 is 2.33 bits per heavy atom. The smallest absolute Gasteiger partial charge is 0.116 e. The van der Waals surface area contributed by atoms with E-state index in [-0.39, 0.29) is 0 Å². The summed E-state index contributed by atoms with van der Waals surface area (Å²) in [7, 11) is 0. The van der Waals surface area contributed by atoms with Crippen molar-refractivity contribution < 1.29 is 0 Å². The summed E-state index contributed by atoms with van der Waals surface area (Å²) in [4.78, 5) is 7.94. The highest BCUT2D eigenvalue weighted by atomic mass is 32.2. The quantitative estimate of drug-likeness (QED) is 0.425. The van der Waals surface area contributed by atoms with Crippen LogP contribution in [0.1, 0.15) is 12.8 Å². The minimum atomic E-state index is 0.782. The molecule has 0 aromatic carbocycles. The van der Waals surface area contributed by atoms with E-state index >= 15 is 0 Å². The van der Waals surface area contributed by atoms with Gasteiger partial charge in [0.05, 0.1) is 5.03 Å².